The Morgan fingerprint density at radius 2 is 1.93 bits per heavy atom. The van der Waals surface area contributed by atoms with Gasteiger partial charge in [0.1, 0.15) is 0 Å². The maximum Gasteiger partial charge on any atom is 0.534 e. The third kappa shape index (κ3) is 3.85. The Morgan fingerprint density at radius 1 is 1.25 bits per heavy atom. The van der Waals surface area contributed by atoms with E-state index in [1.807, 2.05) is 0 Å². The number of morpholine rings is 1. The monoisotopic (exact) mass is 419 g/mol. The lowest BCUT2D eigenvalue weighted by atomic mass is 10.1. The number of anilines is 1. The number of benzene rings is 1. The van der Waals surface area contributed by atoms with Gasteiger partial charge in [0.2, 0.25) is 0 Å². The van der Waals surface area contributed by atoms with Crippen LogP contribution in [0, 0.1) is 0 Å². The van der Waals surface area contributed by atoms with E-state index in [1.54, 1.807) is 4.90 Å². The lowest BCUT2D eigenvalue weighted by molar-refractivity contribution is -0.0499. The molecule has 11 heteroatoms. The molecule has 0 unspecified atom stereocenters. The van der Waals surface area contributed by atoms with E-state index in [1.165, 1.54) is 24.3 Å². The van der Waals surface area contributed by atoms with Crippen LogP contribution < -0.4 is 14.5 Å². The lowest BCUT2D eigenvalue weighted by Crippen LogP contribution is -2.36. The highest BCUT2D eigenvalue weighted by atomic mass is 32.2. The summed E-state index contributed by atoms with van der Waals surface area (Å²) in [6.07, 6.45) is 1.36. The minimum Gasteiger partial charge on any atom is -0.436 e. The number of hydrogen-bond acceptors (Lipinski definition) is 7. The van der Waals surface area contributed by atoms with Gasteiger partial charge in [0.25, 0.3) is 0 Å². The maximum atomic E-state index is 12.8. The topological polar surface area (TPSA) is 86.1 Å². The smallest absolute Gasteiger partial charge is 0.436 e. The van der Waals surface area contributed by atoms with E-state index in [4.69, 9.17) is 9.15 Å². The zero-order chi connectivity index (χ0) is 20.5. The summed E-state index contributed by atoms with van der Waals surface area (Å²) in [6.45, 7) is 5.05. The Labute approximate surface area is 158 Å². The molecule has 0 atom stereocenters. The van der Waals surface area contributed by atoms with Crippen LogP contribution in [0.1, 0.15) is 5.56 Å². The van der Waals surface area contributed by atoms with Crippen molar-refractivity contribution in [3.63, 3.8) is 0 Å². The Morgan fingerprint density at radius 3 is 2.54 bits per heavy atom. The van der Waals surface area contributed by atoms with Crippen LogP contribution in [-0.4, -0.2) is 40.2 Å². The van der Waals surface area contributed by atoms with Gasteiger partial charge < -0.3 is 18.2 Å². The van der Waals surface area contributed by atoms with Gasteiger partial charge in [-0.05, 0) is 12.5 Å². The molecule has 0 spiro atoms. The van der Waals surface area contributed by atoms with Gasteiger partial charge in [-0.3, -0.25) is 4.79 Å². The quantitative estimate of drug-likeness (QED) is 0.418. The number of hydrogen-bond donors (Lipinski definition) is 0. The Kier molecular flexibility index (Phi) is 5.39. The number of ether oxygens (including phenoxy) is 1. The molecule has 0 amide bonds. The number of fused-ring (bicyclic) bond motifs is 1. The molecule has 1 saturated heterocycles. The van der Waals surface area contributed by atoms with E-state index in [0.29, 0.717) is 26.3 Å². The second-order valence-electron chi connectivity index (χ2n) is 5.95. The van der Waals surface area contributed by atoms with Gasteiger partial charge in [-0.1, -0.05) is 12.1 Å². The van der Waals surface area contributed by atoms with E-state index in [9.17, 15) is 26.4 Å². The van der Waals surface area contributed by atoms with E-state index in [-0.39, 0.29) is 28.8 Å². The van der Waals surface area contributed by atoms with Gasteiger partial charge in [0.05, 0.1) is 18.6 Å². The summed E-state index contributed by atoms with van der Waals surface area (Å²) in [7, 11) is -5.96. The number of alkyl halides is 3. The van der Waals surface area contributed by atoms with Crippen molar-refractivity contribution in [2.45, 2.75) is 11.9 Å². The van der Waals surface area contributed by atoms with Gasteiger partial charge in [-0.15, -0.1) is 6.58 Å². The summed E-state index contributed by atoms with van der Waals surface area (Å²) >= 11 is 0. The van der Waals surface area contributed by atoms with Crippen molar-refractivity contribution < 1.29 is 34.9 Å². The SMILES string of the molecule is C=CCc1ccc2c(=O)cc(N3CCOCC3)oc2c1OS(=O)(=O)C(F)(F)F. The molecule has 2 aromatic rings. The Hall–Kier alpha value is -2.53. The summed E-state index contributed by atoms with van der Waals surface area (Å²) in [6, 6.07) is 3.84. The number of rotatable bonds is 5. The van der Waals surface area contributed by atoms with E-state index in [2.05, 4.69) is 10.8 Å². The predicted molar refractivity (Wildman–Crippen MR) is 95.0 cm³/mol. The molecule has 2 heterocycles. The molecule has 1 aliphatic heterocycles. The van der Waals surface area contributed by atoms with E-state index in [0.717, 1.165) is 0 Å². The fraction of sp³-hybridized carbons (Fsp3) is 0.353. The third-order valence-electron chi connectivity index (χ3n) is 4.08. The average molecular weight is 419 g/mol. The molecule has 0 radical (unpaired) electrons. The van der Waals surface area contributed by atoms with Crippen molar-refractivity contribution in [2.75, 3.05) is 31.2 Å². The number of halogens is 3. The molecule has 1 fully saturated rings. The molecule has 0 N–H and O–H groups in total. The fourth-order valence-corrected chi connectivity index (χ4v) is 3.22. The van der Waals surface area contributed by atoms with Crippen molar-refractivity contribution in [2.24, 2.45) is 0 Å². The van der Waals surface area contributed by atoms with Crippen LogP contribution in [0.2, 0.25) is 0 Å². The van der Waals surface area contributed by atoms with Gasteiger partial charge in [-0.25, -0.2) is 0 Å². The zero-order valence-electron chi connectivity index (χ0n) is 14.5. The molecular formula is C17H16F3NO6S. The first kappa shape index (κ1) is 20.2. The zero-order valence-corrected chi connectivity index (χ0v) is 15.3. The number of nitrogens with zero attached hydrogens (tertiary/aromatic N) is 1. The van der Waals surface area contributed by atoms with Crippen LogP contribution in [0.25, 0.3) is 11.0 Å². The fourth-order valence-electron chi connectivity index (χ4n) is 2.73. The van der Waals surface area contributed by atoms with Crippen LogP contribution >= 0.6 is 0 Å². The Balaban J connectivity index is 2.22. The first-order chi connectivity index (χ1) is 13.1. The summed E-state index contributed by atoms with van der Waals surface area (Å²) in [5, 5.41) is -0.0998. The predicted octanol–water partition coefficient (Wildman–Crippen LogP) is 2.59. The minimum absolute atomic E-state index is 0.00411. The second kappa shape index (κ2) is 7.47. The first-order valence-electron chi connectivity index (χ1n) is 8.18. The van der Waals surface area contributed by atoms with Crippen molar-refractivity contribution >= 4 is 27.0 Å². The van der Waals surface area contributed by atoms with Crippen molar-refractivity contribution in [3.8, 4) is 5.75 Å². The summed E-state index contributed by atoms with van der Waals surface area (Å²) in [5.41, 5.74) is -6.47. The normalized spacial score (nSPS) is 15.6. The van der Waals surface area contributed by atoms with E-state index >= 15 is 0 Å². The first-order valence-corrected chi connectivity index (χ1v) is 9.59. The molecule has 0 saturated carbocycles. The Bertz CT molecular complexity index is 1050. The summed E-state index contributed by atoms with van der Waals surface area (Å²) < 4.78 is 76.9. The molecule has 0 bridgehead atoms. The molecule has 28 heavy (non-hydrogen) atoms. The largest absolute Gasteiger partial charge is 0.534 e. The average Bonchev–Trinajstić information content (AvgIpc) is 2.63. The molecular weight excluding hydrogens is 403 g/mol. The second-order valence-corrected chi connectivity index (χ2v) is 7.49. The summed E-state index contributed by atoms with van der Waals surface area (Å²) in [5.74, 6) is -0.590. The maximum absolute atomic E-state index is 12.8. The van der Waals surface area contributed by atoms with Gasteiger partial charge in [0, 0.05) is 24.7 Å². The van der Waals surface area contributed by atoms with E-state index < -0.39 is 26.8 Å². The van der Waals surface area contributed by atoms with Crippen LogP contribution in [0.15, 0.2) is 40.1 Å². The molecule has 0 aliphatic carbocycles. The molecule has 1 aliphatic rings. The molecule has 3 rings (SSSR count). The van der Waals surface area contributed by atoms with Crippen molar-refractivity contribution in [3.05, 3.63) is 46.6 Å². The standard InChI is InChI=1S/C17H16F3NO6S/c1-2-3-11-4-5-12-13(22)10-14(21-6-8-25-9-7-21)26-16(12)15(11)27-28(23,24)17(18,19)20/h2,4-5,10H,1,3,6-9H2. The minimum atomic E-state index is -5.96. The highest BCUT2D eigenvalue weighted by molar-refractivity contribution is 7.88. The van der Waals surface area contributed by atoms with Crippen molar-refractivity contribution in [1.29, 1.82) is 0 Å². The van der Waals surface area contributed by atoms with Crippen molar-refractivity contribution in [1.82, 2.24) is 0 Å². The summed E-state index contributed by atoms with van der Waals surface area (Å²) in [4.78, 5) is 14.1. The van der Waals surface area contributed by atoms with Crippen LogP contribution in [-0.2, 0) is 21.3 Å². The van der Waals surface area contributed by atoms with Crippen LogP contribution in [0.4, 0.5) is 19.1 Å². The molecule has 1 aromatic carbocycles. The van der Waals surface area contributed by atoms with Gasteiger partial charge in [0.15, 0.2) is 22.6 Å². The highest BCUT2D eigenvalue weighted by Gasteiger charge is 2.49. The third-order valence-corrected chi connectivity index (χ3v) is 5.04. The lowest BCUT2D eigenvalue weighted by Gasteiger charge is -2.27. The molecule has 7 nitrogen and oxygen atoms in total. The van der Waals surface area contributed by atoms with Crippen LogP contribution in [0.3, 0.4) is 0 Å². The molecule has 152 valence electrons. The number of allylic oxidation sites excluding steroid dienone is 1. The van der Waals surface area contributed by atoms with Gasteiger partial charge in [-0.2, -0.15) is 21.6 Å². The highest BCUT2D eigenvalue weighted by Crippen LogP contribution is 2.36. The molecule has 1 aromatic heterocycles. The van der Waals surface area contributed by atoms with Gasteiger partial charge >= 0.3 is 15.6 Å². The van der Waals surface area contributed by atoms with Crippen LogP contribution in [0.5, 0.6) is 5.75 Å².